The van der Waals surface area contributed by atoms with Crippen molar-refractivity contribution in [3.63, 3.8) is 0 Å². The molecule has 0 atom stereocenters. The standard InChI is InChI=1S/C15H20O/c1-11(2)9-12-5-4-6-13(10-12)14(16)15(3)7-8-15/h4-6,10-11H,7-9H2,1-3H3. The summed E-state index contributed by atoms with van der Waals surface area (Å²) in [6.45, 7) is 6.48. The molecule has 1 nitrogen and oxygen atoms in total. The number of carbonyl (C=O) groups excluding carboxylic acids is 1. The van der Waals surface area contributed by atoms with Gasteiger partial charge in [0.1, 0.15) is 0 Å². The lowest BCUT2D eigenvalue weighted by atomic mass is 9.93. The number of rotatable bonds is 4. The van der Waals surface area contributed by atoms with Gasteiger partial charge in [0, 0.05) is 11.0 Å². The Kier molecular flexibility index (Phi) is 2.88. The summed E-state index contributed by atoms with van der Waals surface area (Å²) < 4.78 is 0. The van der Waals surface area contributed by atoms with Crippen molar-refractivity contribution in [2.75, 3.05) is 0 Å². The molecule has 0 aromatic heterocycles. The normalized spacial score (nSPS) is 17.5. The van der Waals surface area contributed by atoms with Crippen molar-refractivity contribution in [3.8, 4) is 0 Å². The number of hydrogen-bond donors (Lipinski definition) is 0. The number of ketones is 1. The van der Waals surface area contributed by atoms with Gasteiger partial charge in [-0.2, -0.15) is 0 Å². The van der Waals surface area contributed by atoms with Crippen molar-refractivity contribution >= 4 is 5.78 Å². The van der Waals surface area contributed by atoms with Crippen LogP contribution >= 0.6 is 0 Å². The molecule has 0 unspecified atom stereocenters. The Hall–Kier alpha value is -1.11. The summed E-state index contributed by atoms with van der Waals surface area (Å²) in [4.78, 5) is 12.2. The second-order valence-corrected chi connectivity index (χ2v) is 5.69. The number of hydrogen-bond acceptors (Lipinski definition) is 1. The highest BCUT2D eigenvalue weighted by Crippen LogP contribution is 2.47. The number of Topliss-reactive ketones (excluding diaryl/α,β-unsaturated/α-hetero) is 1. The summed E-state index contributed by atoms with van der Waals surface area (Å²) in [6, 6.07) is 8.16. The van der Waals surface area contributed by atoms with E-state index in [0.29, 0.717) is 11.7 Å². The molecule has 1 aromatic carbocycles. The Labute approximate surface area is 97.9 Å². The van der Waals surface area contributed by atoms with E-state index in [0.717, 1.165) is 24.8 Å². The molecule has 0 N–H and O–H groups in total. The van der Waals surface area contributed by atoms with Gasteiger partial charge in [0.2, 0.25) is 0 Å². The van der Waals surface area contributed by atoms with Crippen molar-refractivity contribution in [1.29, 1.82) is 0 Å². The zero-order chi connectivity index (χ0) is 11.8. The topological polar surface area (TPSA) is 17.1 Å². The van der Waals surface area contributed by atoms with E-state index in [9.17, 15) is 4.79 Å². The maximum Gasteiger partial charge on any atom is 0.168 e. The summed E-state index contributed by atoms with van der Waals surface area (Å²) in [7, 11) is 0. The lowest BCUT2D eigenvalue weighted by Crippen LogP contribution is -2.12. The van der Waals surface area contributed by atoms with Crippen molar-refractivity contribution in [2.24, 2.45) is 11.3 Å². The molecule has 1 aliphatic carbocycles. The molecule has 1 heteroatoms. The molecule has 1 aliphatic rings. The van der Waals surface area contributed by atoms with Gasteiger partial charge in [-0.3, -0.25) is 4.79 Å². The summed E-state index contributed by atoms with van der Waals surface area (Å²) in [5.74, 6) is 0.972. The van der Waals surface area contributed by atoms with Gasteiger partial charge in [0.25, 0.3) is 0 Å². The highest BCUT2D eigenvalue weighted by molar-refractivity contribution is 6.02. The van der Waals surface area contributed by atoms with E-state index < -0.39 is 0 Å². The third-order valence-corrected chi connectivity index (χ3v) is 3.38. The smallest absolute Gasteiger partial charge is 0.168 e. The molecule has 0 bridgehead atoms. The first kappa shape index (κ1) is 11.4. The van der Waals surface area contributed by atoms with Crippen molar-refractivity contribution in [2.45, 2.75) is 40.0 Å². The average Bonchev–Trinajstić information content (AvgIpc) is 2.96. The van der Waals surface area contributed by atoms with Crippen LogP contribution in [-0.4, -0.2) is 5.78 Å². The lowest BCUT2D eigenvalue weighted by molar-refractivity contribution is 0.0912. The highest BCUT2D eigenvalue weighted by atomic mass is 16.1. The first-order chi connectivity index (χ1) is 7.51. The van der Waals surface area contributed by atoms with Crippen molar-refractivity contribution < 1.29 is 4.79 Å². The number of carbonyl (C=O) groups is 1. The van der Waals surface area contributed by atoms with Crippen molar-refractivity contribution in [1.82, 2.24) is 0 Å². The average molecular weight is 216 g/mol. The monoisotopic (exact) mass is 216 g/mol. The Morgan fingerprint density at radius 2 is 2.06 bits per heavy atom. The largest absolute Gasteiger partial charge is 0.294 e. The van der Waals surface area contributed by atoms with E-state index in [-0.39, 0.29) is 5.41 Å². The van der Waals surface area contributed by atoms with Gasteiger partial charge >= 0.3 is 0 Å². The molecule has 0 heterocycles. The summed E-state index contributed by atoms with van der Waals surface area (Å²) in [5, 5.41) is 0. The first-order valence-corrected chi connectivity index (χ1v) is 6.15. The molecule has 0 aliphatic heterocycles. The SMILES string of the molecule is CC(C)Cc1cccc(C(=O)C2(C)CC2)c1. The molecule has 0 spiro atoms. The molecule has 1 aromatic rings. The van der Waals surface area contributed by atoms with E-state index in [1.807, 2.05) is 12.1 Å². The Bertz CT molecular complexity index is 400. The van der Waals surface area contributed by atoms with Crippen LogP contribution in [-0.2, 0) is 6.42 Å². The van der Waals surface area contributed by atoms with Gasteiger partial charge in [-0.1, -0.05) is 39.0 Å². The van der Waals surface area contributed by atoms with Crippen LogP contribution in [0.25, 0.3) is 0 Å². The Balaban J connectivity index is 2.19. The third-order valence-electron chi connectivity index (χ3n) is 3.38. The van der Waals surface area contributed by atoms with E-state index in [2.05, 4.69) is 32.9 Å². The predicted molar refractivity (Wildman–Crippen MR) is 66.7 cm³/mol. The minimum absolute atomic E-state index is 0.0452. The lowest BCUT2D eigenvalue weighted by Gasteiger charge is -2.10. The summed E-state index contributed by atoms with van der Waals surface area (Å²) in [6.07, 6.45) is 3.16. The van der Waals surface area contributed by atoms with Crippen LogP contribution in [0.3, 0.4) is 0 Å². The van der Waals surface area contributed by atoms with Crippen LogP contribution < -0.4 is 0 Å². The van der Waals surface area contributed by atoms with Crippen LogP contribution in [0, 0.1) is 11.3 Å². The predicted octanol–water partition coefficient (Wildman–Crippen LogP) is 3.87. The Morgan fingerprint density at radius 1 is 1.38 bits per heavy atom. The van der Waals surface area contributed by atoms with E-state index in [1.54, 1.807) is 0 Å². The van der Waals surface area contributed by atoms with Gasteiger partial charge in [-0.15, -0.1) is 0 Å². The second kappa shape index (κ2) is 4.04. The van der Waals surface area contributed by atoms with Crippen LogP contribution in [0.2, 0.25) is 0 Å². The van der Waals surface area contributed by atoms with Gasteiger partial charge in [-0.25, -0.2) is 0 Å². The van der Waals surface area contributed by atoms with Crippen LogP contribution in [0.4, 0.5) is 0 Å². The van der Waals surface area contributed by atoms with Gasteiger partial charge < -0.3 is 0 Å². The summed E-state index contributed by atoms with van der Waals surface area (Å²) in [5.41, 5.74) is 2.14. The fourth-order valence-electron chi connectivity index (χ4n) is 2.07. The fourth-order valence-corrected chi connectivity index (χ4v) is 2.07. The highest BCUT2D eigenvalue weighted by Gasteiger charge is 2.44. The third kappa shape index (κ3) is 2.34. The minimum atomic E-state index is -0.0452. The molecule has 0 saturated heterocycles. The zero-order valence-corrected chi connectivity index (χ0v) is 10.4. The molecule has 2 rings (SSSR count). The van der Waals surface area contributed by atoms with Crippen LogP contribution in [0.5, 0.6) is 0 Å². The van der Waals surface area contributed by atoms with Crippen LogP contribution in [0.1, 0.15) is 49.5 Å². The molecule has 0 radical (unpaired) electrons. The van der Waals surface area contributed by atoms with E-state index in [1.165, 1.54) is 5.56 Å². The quantitative estimate of drug-likeness (QED) is 0.698. The van der Waals surface area contributed by atoms with Gasteiger partial charge in [0.15, 0.2) is 5.78 Å². The van der Waals surface area contributed by atoms with Gasteiger partial charge in [0.05, 0.1) is 0 Å². The molecule has 1 fully saturated rings. The van der Waals surface area contributed by atoms with Crippen molar-refractivity contribution in [3.05, 3.63) is 35.4 Å². The van der Waals surface area contributed by atoms with Crippen LogP contribution in [0.15, 0.2) is 24.3 Å². The molecule has 0 amide bonds. The van der Waals surface area contributed by atoms with E-state index >= 15 is 0 Å². The maximum atomic E-state index is 12.2. The zero-order valence-electron chi connectivity index (χ0n) is 10.4. The molecule has 1 saturated carbocycles. The molecular formula is C15H20O. The van der Waals surface area contributed by atoms with E-state index in [4.69, 9.17) is 0 Å². The minimum Gasteiger partial charge on any atom is -0.294 e. The first-order valence-electron chi connectivity index (χ1n) is 6.15. The second-order valence-electron chi connectivity index (χ2n) is 5.69. The van der Waals surface area contributed by atoms with Gasteiger partial charge in [-0.05, 0) is 36.8 Å². The summed E-state index contributed by atoms with van der Waals surface area (Å²) >= 11 is 0. The fraction of sp³-hybridized carbons (Fsp3) is 0.533. The molecule has 86 valence electrons. The number of benzene rings is 1. The molecular weight excluding hydrogens is 196 g/mol. The Morgan fingerprint density at radius 3 is 2.62 bits per heavy atom. The molecule has 16 heavy (non-hydrogen) atoms. The maximum absolute atomic E-state index is 12.2.